The van der Waals surface area contributed by atoms with Crippen LogP contribution in [0, 0.1) is 13.5 Å². The third-order valence-electron chi connectivity index (χ3n) is 1.74. The van der Waals surface area contributed by atoms with Crippen molar-refractivity contribution in [3.63, 3.8) is 0 Å². The Kier molecular flexibility index (Phi) is 2.25. The molecular formula is C8H10BrN3. The standard InChI is InChI=1S/C8H10BrN3/c1-6-7(9)5-11-12(6)8(2,3)10-4/h5H,1-3H3. The predicted octanol–water partition coefficient (Wildman–Crippen LogP) is 2.57. The molecule has 1 aromatic heterocycles. The fourth-order valence-corrected chi connectivity index (χ4v) is 1.25. The SMILES string of the molecule is [C-]#[N+]C(C)(C)n1ncc(Br)c1C. The van der Waals surface area contributed by atoms with E-state index in [-0.39, 0.29) is 0 Å². The van der Waals surface area contributed by atoms with Gasteiger partial charge in [0.25, 0.3) is 0 Å². The van der Waals surface area contributed by atoms with Crippen LogP contribution in [0.1, 0.15) is 19.5 Å². The summed E-state index contributed by atoms with van der Waals surface area (Å²) in [4.78, 5) is 3.49. The molecule has 0 saturated carbocycles. The second kappa shape index (κ2) is 2.91. The topological polar surface area (TPSA) is 22.2 Å². The molecule has 12 heavy (non-hydrogen) atoms. The molecule has 0 saturated heterocycles. The molecule has 0 aromatic carbocycles. The van der Waals surface area contributed by atoms with E-state index in [0.717, 1.165) is 10.2 Å². The van der Waals surface area contributed by atoms with Gasteiger partial charge >= 0.3 is 5.66 Å². The monoisotopic (exact) mass is 227 g/mol. The summed E-state index contributed by atoms with van der Waals surface area (Å²) in [6.07, 6.45) is 1.71. The summed E-state index contributed by atoms with van der Waals surface area (Å²) in [6.45, 7) is 12.6. The Bertz CT molecular complexity index is 333. The predicted molar refractivity (Wildman–Crippen MR) is 50.6 cm³/mol. The van der Waals surface area contributed by atoms with Crippen molar-refractivity contribution < 1.29 is 0 Å². The lowest BCUT2D eigenvalue weighted by Crippen LogP contribution is -2.24. The van der Waals surface area contributed by atoms with Crippen molar-refractivity contribution in [1.82, 2.24) is 9.78 Å². The highest BCUT2D eigenvalue weighted by Crippen LogP contribution is 2.23. The highest BCUT2D eigenvalue weighted by atomic mass is 79.9. The second-order valence-electron chi connectivity index (χ2n) is 3.10. The largest absolute Gasteiger partial charge is 0.320 e. The van der Waals surface area contributed by atoms with E-state index in [0.29, 0.717) is 0 Å². The Morgan fingerprint density at radius 3 is 2.58 bits per heavy atom. The molecule has 3 nitrogen and oxygen atoms in total. The van der Waals surface area contributed by atoms with Crippen LogP contribution in [0.25, 0.3) is 4.85 Å². The van der Waals surface area contributed by atoms with Gasteiger partial charge in [-0.3, -0.25) is 4.85 Å². The van der Waals surface area contributed by atoms with Gasteiger partial charge in [0.2, 0.25) is 0 Å². The van der Waals surface area contributed by atoms with Crippen molar-refractivity contribution >= 4 is 15.9 Å². The lowest BCUT2D eigenvalue weighted by atomic mass is 10.2. The maximum absolute atomic E-state index is 7.00. The first-order valence-corrected chi connectivity index (χ1v) is 4.37. The number of hydrogen-bond donors (Lipinski definition) is 0. The van der Waals surface area contributed by atoms with Crippen LogP contribution in [0.15, 0.2) is 10.7 Å². The first kappa shape index (κ1) is 9.27. The number of aromatic nitrogens is 2. The van der Waals surface area contributed by atoms with Crippen molar-refractivity contribution in [3.05, 3.63) is 27.8 Å². The van der Waals surface area contributed by atoms with Gasteiger partial charge in [-0.15, -0.1) is 0 Å². The Balaban J connectivity index is 3.22. The van der Waals surface area contributed by atoms with Gasteiger partial charge in [0, 0.05) is 13.8 Å². The van der Waals surface area contributed by atoms with Crippen LogP contribution in [-0.4, -0.2) is 9.78 Å². The van der Waals surface area contributed by atoms with Gasteiger partial charge in [-0.05, 0) is 22.9 Å². The molecule has 0 bridgehead atoms. The molecule has 0 atom stereocenters. The zero-order valence-corrected chi connectivity index (χ0v) is 8.88. The van der Waals surface area contributed by atoms with Crippen LogP contribution in [0.4, 0.5) is 0 Å². The van der Waals surface area contributed by atoms with Crippen molar-refractivity contribution in [2.24, 2.45) is 0 Å². The Morgan fingerprint density at radius 1 is 1.67 bits per heavy atom. The van der Waals surface area contributed by atoms with E-state index < -0.39 is 5.66 Å². The summed E-state index contributed by atoms with van der Waals surface area (Å²) < 4.78 is 2.66. The fraction of sp³-hybridized carbons (Fsp3) is 0.500. The molecule has 64 valence electrons. The zero-order valence-electron chi connectivity index (χ0n) is 7.30. The van der Waals surface area contributed by atoms with Crippen LogP contribution in [-0.2, 0) is 5.66 Å². The summed E-state index contributed by atoms with van der Waals surface area (Å²) in [5, 5.41) is 4.11. The van der Waals surface area contributed by atoms with Gasteiger partial charge in [0.15, 0.2) is 0 Å². The van der Waals surface area contributed by atoms with Crippen LogP contribution >= 0.6 is 15.9 Å². The summed E-state index contributed by atoms with van der Waals surface area (Å²) in [5.74, 6) is 0. The third-order valence-corrected chi connectivity index (χ3v) is 2.52. The van der Waals surface area contributed by atoms with Gasteiger partial charge in [0.1, 0.15) is 0 Å². The summed E-state index contributed by atoms with van der Waals surface area (Å²) in [5.41, 5.74) is 0.395. The van der Waals surface area contributed by atoms with E-state index in [9.17, 15) is 0 Å². The van der Waals surface area contributed by atoms with Gasteiger partial charge in [-0.25, -0.2) is 6.57 Å². The molecule has 0 amide bonds. The van der Waals surface area contributed by atoms with Crippen molar-refractivity contribution in [2.45, 2.75) is 26.4 Å². The van der Waals surface area contributed by atoms with E-state index in [1.54, 1.807) is 10.9 Å². The molecule has 0 radical (unpaired) electrons. The van der Waals surface area contributed by atoms with Gasteiger partial charge in [-0.1, -0.05) is 0 Å². The maximum Gasteiger partial charge on any atom is 0.320 e. The van der Waals surface area contributed by atoms with E-state index in [4.69, 9.17) is 6.57 Å². The average molecular weight is 228 g/mol. The van der Waals surface area contributed by atoms with Crippen LogP contribution in [0.5, 0.6) is 0 Å². The average Bonchev–Trinajstić information content (AvgIpc) is 2.33. The highest BCUT2D eigenvalue weighted by molar-refractivity contribution is 9.10. The Labute approximate surface area is 80.3 Å². The van der Waals surface area contributed by atoms with Gasteiger partial charge in [0.05, 0.1) is 16.4 Å². The second-order valence-corrected chi connectivity index (χ2v) is 3.95. The number of rotatable bonds is 1. The van der Waals surface area contributed by atoms with Gasteiger partial charge in [-0.2, -0.15) is 9.78 Å². The Morgan fingerprint density at radius 2 is 2.25 bits per heavy atom. The summed E-state index contributed by atoms with van der Waals surface area (Å²) in [7, 11) is 0. The molecule has 4 heteroatoms. The molecule has 0 fully saturated rings. The normalized spacial score (nSPS) is 11.2. The van der Waals surface area contributed by atoms with E-state index in [2.05, 4.69) is 25.9 Å². The highest BCUT2D eigenvalue weighted by Gasteiger charge is 2.28. The molecule has 0 aliphatic rings. The van der Waals surface area contributed by atoms with Crippen molar-refractivity contribution in [3.8, 4) is 0 Å². The zero-order chi connectivity index (χ0) is 9.35. The van der Waals surface area contributed by atoms with E-state index >= 15 is 0 Å². The van der Waals surface area contributed by atoms with Crippen LogP contribution in [0.3, 0.4) is 0 Å². The quantitative estimate of drug-likeness (QED) is 0.677. The first-order valence-electron chi connectivity index (χ1n) is 3.58. The molecule has 0 unspecified atom stereocenters. The number of hydrogen-bond acceptors (Lipinski definition) is 1. The third kappa shape index (κ3) is 1.37. The van der Waals surface area contributed by atoms with Gasteiger partial charge < -0.3 is 0 Å². The van der Waals surface area contributed by atoms with Crippen molar-refractivity contribution in [2.75, 3.05) is 0 Å². The fourth-order valence-electron chi connectivity index (χ4n) is 0.989. The summed E-state index contributed by atoms with van der Waals surface area (Å²) in [6, 6.07) is 0. The lowest BCUT2D eigenvalue weighted by Gasteiger charge is -2.13. The van der Waals surface area contributed by atoms with E-state index in [1.165, 1.54) is 0 Å². The Hall–Kier alpha value is -0.820. The van der Waals surface area contributed by atoms with Crippen molar-refractivity contribution in [1.29, 1.82) is 0 Å². The molecule has 0 spiro atoms. The number of nitrogens with zero attached hydrogens (tertiary/aromatic N) is 3. The van der Waals surface area contributed by atoms with E-state index in [1.807, 2.05) is 20.8 Å². The minimum absolute atomic E-state index is 0.587. The maximum atomic E-state index is 7.00. The summed E-state index contributed by atoms with van der Waals surface area (Å²) >= 11 is 3.35. The molecule has 1 heterocycles. The van der Waals surface area contributed by atoms with Crippen LogP contribution in [0.2, 0.25) is 0 Å². The first-order chi connectivity index (χ1) is 5.49. The molecule has 0 aliphatic heterocycles. The smallest absolute Gasteiger partial charge is 0.286 e. The molecule has 1 aromatic rings. The molecule has 0 aliphatic carbocycles. The lowest BCUT2D eigenvalue weighted by molar-refractivity contribution is 0.393. The molecule has 1 rings (SSSR count). The van der Waals surface area contributed by atoms with Crippen LogP contribution < -0.4 is 0 Å². The molecular weight excluding hydrogens is 218 g/mol. The minimum Gasteiger partial charge on any atom is -0.286 e. The molecule has 0 N–H and O–H groups in total. The number of halogens is 1. The minimum atomic E-state index is -0.587.